The molecular weight excluding hydrogens is 252 g/mol. The summed E-state index contributed by atoms with van der Waals surface area (Å²) in [4.78, 5) is 11.3. The monoisotopic (exact) mass is 278 g/mol. The number of hydrogen-bond acceptors (Lipinski definition) is 5. The second-order valence-corrected chi connectivity index (χ2v) is 5.42. The van der Waals surface area contributed by atoms with Crippen molar-refractivity contribution in [2.24, 2.45) is 0 Å². The number of hydrogen-bond donors (Lipinski definition) is 1. The van der Waals surface area contributed by atoms with Gasteiger partial charge in [0.25, 0.3) is 0 Å². The molecule has 1 fully saturated rings. The van der Waals surface area contributed by atoms with Crippen LogP contribution < -0.4 is 10.1 Å². The zero-order chi connectivity index (χ0) is 14.4. The van der Waals surface area contributed by atoms with Crippen LogP contribution in [0.2, 0.25) is 0 Å². The van der Waals surface area contributed by atoms with Gasteiger partial charge in [0, 0.05) is 25.6 Å². The molecule has 112 valence electrons. The Kier molecular flexibility index (Phi) is 5.59. The van der Waals surface area contributed by atoms with Crippen molar-refractivity contribution < 1.29 is 4.74 Å². The molecular formula is C15H26N4O. The van der Waals surface area contributed by atoms with E-state index in [2.05, 4.69) is 34.2 Å². The minimum absolute atomic E-state index is 0.663. The third kappa shape index (κ3) is 4.07. The predicted molar refractivity (Wildman–Crippen MR) is 81.3 cm³/mol. The maximum absolute atomic E-state index is 5.83. The highest BCUT2D eigenvalue weighted by Crippen LogP contribution is 2.19. The zero-order valence-corrected chi connectivity index (χ0v) is 12.9. The number of likely N-dealkylation sites (tertiary alicyclic amines) is 1. The topological polar surface area (TPSA) is 50.3 Å². The van der Waals surface area contributed by atoms with Gasteiger partial charge in [0.2, 0.25) is 5.88 Å². The summed E-state index contributed by atoms with van der Waals surface area (Å²) in [6, 6.07) is 2.54. The van der Waals surface area contributed by atoms with Gasteiger partial charge in [-0.25, -0.2) is 4.98 Å². The van der Waals surface area contributed by atoms with E-state index in [1.807, 2.05) is 13.1 Å². The molecule has 20 heavy (non-hydrogen) atoms. The molecule has 0 radical (unpaired) electrons. The van der Waals surface area contributed by atoms with E-state index in [1.165, 1.54) is 19.4 Å². The van der Waals surface area contributed by atoms with Gasteiger partial charge in [-0.3, -0.25) is 0 Å². The fourth-order valence-electron chi connectivity index (χ4n) is 2.65. The summed E-state index contributed by atoms with van der Waals surface area (Å²) >= 11 is 0. The molecule has 1 atom stereocenters. The molecule has 2 heterocycles. The highest BCUT2D eigenvalue weighted by molar-refractivity contribution is 5.37. The van der Waals surface area contributed by atoms with Crippen molar-refractivity contribution >= 4 is 5.82 Å². The quantitative estimate of drug-likeness (QED) is 0.829. The van der Waals surface area contributed by atoms with E-state index in [4.69, 9.17) is 4.74 Å². The normalized spacial score (nSPS) is 19.2. The van der Waals surface area contributed by atoms with Crippen molar-refractivity contribution in [2.45, 2.75) is 45.1 Å². The van der Waals surface area contributed by atoms with Crippen LogP contribution in [0, 0.1) is 0 Å². The van der Waals surface area contributed by atoms with Crippen molar-refractivity contribution in [2.75, 3.05) is 32.6 Å². The summed E-state index contributed by atoms with van der Waals surface area (Å²) in [6.07, 6.45) is 5.58. The lowest BCUT2D eigenvalue weighted by Gasteiger charge is -2.19. The highest BCUT2D eigenvalue weighted by atomic mass is 16.5. The fraction of sp³-hybridized carbons (Fsp3) is 0.733. The van der Waals surface area contributed by atoms with Gasteiger partial charge < -0.3 is 15.0 Å². The number of ether oxygens (including phenoxy) is 1. The molecule has 0 amide bonds. The van der Waals surface area contributed by atoms with Crippen LogP contribution in [0.3, 0.4) is 0 Å². The molecule has 2 rings (SSSR count). The SMILES string of the molecule is CCCc1nc(NC)cc(OCCC2CCCN2C)n1. The molecule has 5 nitrogen and oxygen atoms in total. The molecule has 0 aliphatic carbocycles. The first kappa shape index (κ1) is 15.0. The maximum Gasteiger partial charge on any atom is 0.218 e. The van der Waals surface area contributed by atoms with E-state index in [0.29, 0.717) is 11.9 Å². The van der Waals surface area contributed by atoms with E-state index in [0.717, 1.165) is 37.5 Å². The number of aryl methyl sites for hydroxylation is 1. The Morgan fingerprint density at radius 2 is 2.30 bits per heavy atom. The molecule has 1 aromatic heterocycles. The Labute approximate surface area is 121 Å². The molecule has 1 aromatic rings. The molecule has 1 aliphatic heterocycles. The van der Waals surface area contributed by atoms with Crippen LogP contribution in [0.1, 0.15) is 38.4 Å². The third-order valence-corrected chi connectivity index (χ3v) is 3.85. The summed E-state index contributed by atoms with van der Waals surface area (Å²) in [5.41, 5.74) is 0. The first-order valence-corrected chi connectivity index (χ1v) is 7.61. The van der Waals surface area contributed by atoms with E-state index >= 15 is 0 Å². The molecule has 1 N–H and O–H groups in total. The zero-order valence-electron chi connectivity index (χ0n) is 12.9. The lowest BCUT2D eigenvalue weighted by Crippen LogP contribution is -2.26. The lowest BCUT2D eigenvalue weighted by atomic mass is 10.1. The van der Waals surface area contributed by atoms with Crippen LogP contribution in [0.4, 0.5) is 5.82 Å². The minimum Gasteiger partial charge on any atom is -0.477 e. The van der Waals surface area contributed by atoms with Crippen molar-refractivity contribution in [1.82, 2.24) is 14.9 Å². The van der Waals surface area contributed by atoms with Crippen LogP contribution >= 0.6 is 0 Å². The van der Waals surface area contributed by atoms with E-state index in [1.54, 1.807) is 0 Å². The average Bonchev–Trinajstić information content (AvgIpc) is 2.84. The van der Waals surface area contributed by atoms with Gasteiger partial charge in [-0.1, -0.05) is 6.92 Å². The summed E-state index contributed by atoms with van der Waals surface area (Å²) in [5, 5.41) is 3.07. The molecule has 0 spiro atoms. The van der Waals surface area contributed by atoms with Gasteiger partial charge in [0.15, 0.2) is 0 Å². The molecule has 0 aromatic carbocycles. The maximum atomic E-state index is 5.83. The van der Waals surface area contributed by atoms with Crippen LogP contribution in [0.15, 0.2) is 6.07 Å². The minimum atomic E-state index is 0.663. The van der Waals surface area contributed by atoms with E-state index in [9.17, 15) is 0 Å². The van der Waals surface area contributed by atoms with Crippen molar-refractivity contribution in [3.05, 3.63) is 11.9 Å². The van der Waals surface area contributed by atoms with Crippen LogP contribution in [0.25, 0.3) is 0 Å². The molecule has 0 saturated carbocycles. The average molecular weight is 278 g/mol. The summed E-state index contributed by atoms with van der Waals surface area (Å²) < 4.78 is 5.83. The van der Waals surface area contributed by atoms with Gasteiger partial charge in [-0.2, -0.15) is 4.98 Å². The summed E-state index contributed by atoms with van der Waals surface area (Å²) in [6.45, 7) is 4.06. The predicted octanol–water partition coefficient (Wildman–Crippen LogP) is 2.33. The molecule has 0 bridgehead atoms. The second kappa shape index (κ2) is 7.43. The second-order valence-electron chi connectivity index (χ2n) is 5.42. The van der Waals surface area contributed by atoms with Gasteiger partial charge in [0.1, 0.15) is 11.6 Å². The smallest absolute Gasteiger partial charge is 0.218 e. The molecule has 1 unspecified atom stereocenters. The largest absolute Gasteiger partial charge is 0.477 e. The van der Waals surface area contributed by atoms with Gasteiger partial charge in [0.05, 0.1) is 6.61 Å². The van der Waals surface area contributed by atoms with Gasteiger partial charge >= 0.3 is 0 Å². The fourth-order valence-corrected chi connectivity index (χ4v) is 2.65. The van der Waals surface area contributed by atoms with Crippen molar-refractivity contribution in [1.29, 1.82) is 0 Å². The Bertz CT molecular complexity index is 424. The first-order chi connectivity index (χ1) is 9.72. The van der Waals surface area contributed by atoms with Crippen molar-refractivity contribution in [3.63, 3.8) is 0 Å². The summed E-state index contributed by atoms with van der Waals surface area (Å²) in [5.74, 6) is 2.37. The Balaban J connectivity index is 1.89. The van der Waals surface area contributed by atoms with Crippen LogP contribution in [-0.2, 0) is 6.42 Å². The van der Waals surface area contributed by atoms with E-state index < -0.39 is 0 Å². The van der Waals surface area contributed by atoms with Crippen LogP contribution in [-0.4, -0.2) is 48.2 Å². The number of nitrogens with zero attached hydrogens (tertiary/aromatic N) is 3. The Morgan fingerprint density at radius 1 is 1.45 bits per heavy atom. The lowest BCUT2D eigenvalue weighted by molar-refractivity contribution is 0.228. The molecule has 1 aliphatic rings. The first-order valence-electron chi connectivity index (χ1n) is 7.61. The number of rotatable bonds is 7. The van der Waals surface area contributed by atoms with E-state index in [-0.39, 0.29) is 0 Å². The molecule has 1 saturated heterocycles. The third-order valence-electron chi connectivity index (χ3n) is 3.85. The number of nitrogens with one attached hydrogen (secondary N) is 1. The molecule has 5 heteroatoms. The van der Waals surface area contributed by atoms with Crippen LogP contribution in [0.5, 0.6) is 5.88 Å². The standard InChI is InChI=1S/C15H26N4O/c1-4-6-13-17-14(16-2)11-15(18-13)20-10-8-12-7-5-9-19(12)3/h11-12H,4-10H2,1-3H3,(H,16,17,18). The number of aromatic nitrogens is 2. The van der Waals surface area contributed by atoms with Crippen molar-refractivity contribution in [3.8, 4) is 5.88 Å². The summed E-state index contributed by atoms with van der Waals surface area (Å²) in [7, 11) is 4.07. The Morgan fingerprint density at radius 3 is 2.95 bits per heavy atom. The Hall–Kier alpha value is -1.36. The van der Waals surface area contributed by atoms with Gasteiger partial charge in [-0.15, -0.1) is 0 Å². The highest BCUT2D eigenvalue weighted by Gasteiger charge is 2.20. The van der Waals surface area contributed by atoms with Gasteiger partial charge in [-0.05, 0) is 39.3 Å². The number of anilines is 1.